The van der Waals surface area contributed by atoms with Gasteiger partial charge in [-0.15, -0.1) is 0 Å². The minimum atomic E-state index is -4.47. The molecule has 0 saturated heterocycles. The van der Waals surface area contributed by atoms with E-state index in [0.717, 1.165) is 12.1 Å². The minimum Gasteiger partial charge on any atom is -0.308 e. The Morgan fingerprint density at radius 1 is 1.21 bits per heavy atom. The number of aryl methyl sites for hydroxylation is 2. The van der Waals surface area contributed by atoms with Gasteiger partial charge in [-0.1, -0.05) is 0 Å². The quantitative estimate of drug-likeness (QED) is 0.649. The van der Waals surface area contributed by atoms with Crippen molar-refractivity contribution in [2.75, 3.05) is 5.43 Å². The molecule has 0 spiro atoms. The topological polar surface area (TPSA) is 68.8 Å². The summed E-state index contributed by atoms with van der Waals surface area (Å²) in [5.74, 6) is 5.13. The van der Waals surface area contributed by atoms with E-state index in [9.17, 15) is 13.2 Å². The average Bonchev–Trinajstić information content (AvgIpc) is 2.66. The third-order valence-corrected chi connectivity index (χ3v) is 2.51. The number of aromatic nitrogens is 3. The van der Waals surface area contributed by atoms with Crippen molar-refractivity contribution < 1.29 is 13.2 Å². The van der Waals surface area contributed by atoms with Crippen molar-refractivity contribution in [2.45, 2.75) is 20.0 Å². The summed E-state index contributed by atoms with van der Waals surface area (Å²) in [5.41, 5.74) is 2.67. The zero-order valence-corrected chi connectivity index (χ0v) is 10.3. The molecule has 0 atom stereocenters. The van der Waals surface area contributed by atoms with Crippen LogP contribution in [0.1, 0.15) is 17.0 Å². The van der Waals surface area contributed by atoms with Crippen molar-refractivity contribution in [3.05, 3.63) is 35.2 Å². The van der Waals surface area contributed by atoms with Gasteiger partial charge >= 0.3 is 6.18 Å². The molecule has 2 rings (SSSR count). The van der Waals surface area contributed by atoms with Gasteiger partial charge in [0.2, 0.25) is 0 Å². The van der Waals surface area contributed by atoms with Crippen molar-refractivity contribution in [2.24, 2.45) is 5.84 Å². The van der Waals surface area contributed by atoms with Gasteiger partial charge < -0.3 is 5.43 Å². The lowest BCUT2D eigenvalue weighted by molar-refractivity contribution is -0.137. The molecular weight excluding hydrogens is 259 g/mol. The first-order valence-corrected chi connectivity index (χ1v) is 5.41. The minimum absolute atomic E-state index is 0.0633. The summed E-state index contributed by atoms with van der Waals surface area (Å²) in [6.07, 6.45) is -4.47. The van der Waals surface area contributed by atoms with Gasteiger partial charge in [0.1, 0.15) is 5.82 Å². The predicted molar refractivity (Wildman–Crippen MR) is 63.6 cm³/mol. The number of hydrogen-bond donors (Lipinski definition) is 2. The van der Waals surface area contributed by atoms with Crippen LogP contribution in [0.4, 0.5) is 19.0 Å². The summed E-state index contributed by atoms with van der Waals surface area (Å²) in [7, 11) is 0. The van der Waals surface area contributed by atoms with Crippen molar-refractivity contribution in [1.29, 1.82) is 0 Å². The lowest BCUT2D eigenvalue weighted by Gasteiger charge is -2.11. The molecule has 0 saturated carbocycles. The Morgan fingerprint density at radius 2 is 1.89 bits per heavy atom. The van der Waals surface area contributed by atoms with E-state index in [0.29, 0.717) is 11.4 Å². The van der Waals surface area contributed by atoms with E-state index in [1.807, 2.05) is 0 Å². The Morgan fingerprint density at radius 3 is 2.37 bits per heavy atom. The number of hydrogen-bond acceptors (Lipinski definition) is 4. The number of nitrogens with one attached hydrogen (secondary N) is 1. The largest absolute Gasteiger partial charge is 0.416 e. The zero-order valence-electron chi connectivity index (χ0n) is 10.3. The number of nitrogens with zero attached hydrogens (tertiary/aromatic N) is 3. The fraction of sp³-hybridized carbons (Fsp3) is 0.273. The first-order valence-electron chi connectivity index (χ1n) is 5.41. The van der Waals surface area contributed by atoms with Crippen LogP contribution in [0.15, 0.2) is 18.2 Å². The van der Waals surface area contributed by atoms with E-state index in [2.05, 4.69) is 15.5 Å². The van der Waals surface area contributed by atoms with Crippen LogP contribution in [0.5, 0.6) is 0 Å². The molecule has 19 heavy (non-hydrogen) atoms. The Balaban J connectivity index is 2.60. The first-order chi connectivity index (χ1) is 8.81. The van der Waals surface area contributed by atoms with E-state index in [1.165, 1.54) is 4.68 Å². The molecule has 5 nitrogen and oxygen atoms in total. The van der Waals surface area contributed by atoms with Crippen LogP contribution in [0.25, 0.3) is 5.82 Å². The number of nitrogens with two attached hydrogens (primary N) is 1. The summed E-state index contributed by atoms with van der Waals surface area (Å²) < 4.78 is 39.7. The first kappa shape index (κ1) is 13.3. The fourth-order valence-electron chi connectivity index (χ4n) is 1.72. The molecule has 0 fully saturated rings. The molecule has 2 aromatic heterocycles. The highest BCUT2D eigenvalue weighted by Crippen LogP contribution is 2.31. The molecule has 2 heterocycles. The molecule has 0 aliphatic heterocycles. The lowest BCUT2D eigenvalue weighted by atomic mass is 10.2. The van der Waals surface area contributed by atoms with Crippen molar-refractivity contribution in [3.63, 3.8) is 0 Å². The SMILES string of the molecule is Cc1cc(C)n(-c2cc(C(F)(F)F)cc(NN)n2)n1. The molecular formula is C11H12F3N5. The summed E-state index contributed by atoms with van der Waals surface area (Å²) in [5, 5.41) is 4.10. The van der Waals surface area contributed by atoms with Crippen LogP contribution in [-0.4, -0.2) is 14.8 Å². The molecule has 8 heteroatoms. The Hall–Kier alpha value is -2.09. The molecule has 0 unspecified atom stereocenters. The van der Waals surface area contributed by atoms with E-state index >= 15 is 0 Å². The standard InChI is InChI=1S/C11H12F3N5/c1-6-3-7(2)19(18-6)10-5-8(11(12,13)14)4-9(16-10)17-15/h3-5H,15H2,1-2H3,(H,16,17). The predicted octanol–water partition coefficient (Wildman–Crippen LogP) is 2.19. The van der Waals surface area contributed by atoms with E-state index in [1.54, 1.807) is 19.9 Å². The van der Waals surface area contributed by atoms with E-state index in [-0.39, 0.29) is 11.6 Å². The van der Waals surface area contributed by atoms with E-state index < -0.39 is 11.7 Å². The number of pyridine rings is 1. The number of hydrazine groups is 1. The van der Waals surface area contributed by atoms with Crippen molar-refractivity contribution in [3.8, 4) is 5.82 Å². The van der Waals surface area contributed by atoms with Crippen LogP contribution in [-0.2, 0) is 6.18 Å². The Labute approximate surface area is 107 Å². The summed E-state index contributed by atoms with van der Waals surface area (Å²) in [4.78, 5) is 3.97. The maximum Gasteiger partial charge on any atom is 0.416 e. The van der Waals surface area contributed by atoms with Crippen LogP contribution in [0.2, 0.25) is 0 Å². The zero-order chi connectivity index (χ0) is 14.2. The molecule has 0 aliphatic rings. The summed E-state index contributed by atoms with van der Waals surface area (Å²) in [6, 6.07) is 3.52. The molecule has 3 N–H and O–H groups in total. The van der Waals surface area contributed by atoms with Gasteiger partial charge in [-0.2, -0.15) is 18.3 Å². The highest BCUT2D eigenvalue weighted by Gasteiger charge is 2.32. The lowest BCUT2D eigenvalue weighted by Crippen LogP contribution is -2.14. The number of alkyl halides is 3. The summed E-state index contributed by atoms with van der Waals surface area (Å²) in [6.45, 7) is 3.48. The number of nitrogen functional groups attached to an aromatic ring is 1. The monoisotopic (exact) mass is 271 g/mol. The normalized spacial score (nSPS) is 11.7. The van der Waals surface area contributed by atoms with Crippen LogP contribution < -0.4 is 11.3 Å². The Kier molecular flexibility index (Phi) is 3.19. The molecule has 102 valence electrons. The third kappa shape index (κ3) is 2.68. The molecule has 0 bridgehead atoms. The second-order valence-electron chi connectivity index (χ2n) is 4.08. The molecule has 0 radical (unpaired) electrons. The fourth-order valence-corrected chi connectivity index (χ4v) is 1.72. The smallest absolute Gasteiger partial charge is 0.308 e. The van der Waals surface area contributed by atoms with Gasteiger partial charge in [0.05, 0.1) is 11.3 Å². The van der Waals surface area contributed by atoms with Crippen molar-refractivity contribution >= 4 is 5.82 Å². The van der Waals surface area contributed by atoms with Gasteiger partial charge in [0.15, 0.2) is 5.82 Å². The van der Waals surface area contributed by atoms with Gasteiger partial charge in [-0.25, -0.2) is 15.5 Å². The maximum absolute atomic E-state index is 12.8. The number of halogens is 3. The van der Waals surface area contributed by atoms with Crippen LogP contribution in [0, 0.1) is 13.8 Å². The Bertz CT molecular complexity index is 603. The molecule has 0 aromatic carbocycles. The number of rotatable bonds is 2. The van der Waals surface area contributed by atoms with Crippen molar-refractivity contribution in [1.82, 2.24) is 14.8 Å². The van der Waals surface area contributed by atoms with Gasteiger partial charge in [-0.05, 0) is 32.0 Å². The molecule has 0 amide bonds. The second-order valence-corrected chi connectivity index (χ2v) is 4.08. The van der Waals surface area contributed by atoms with Gasteiger partial charge in [0.25, 0.3) is 0 Å². The molecule has 0 aliphatic carbocycles. The van der Waals surface area contributed by atoms with Crippen LogP contribution >= 0.6 is 0 Å². The molecule has 2 aromatic rings. The van der Waals surface area contributed by atoms with E-state index in [4.69, 9.17) is 5.84 Å². The highest BCUT2D eigenvalue weighted by molar-refractivity contribution is 5.44. The average molecular weight is 271 g/mol. The highest BCUT2D eigenvalue weighted by atomic mass is 19.4. The number of anilines is 1. The maximum atomic E-state index is 12.8. The van der Waals surface area contributed by atoms with Gasteiger partial charge in [0, 0.05) is 5.69 Å². The summed E-state index contributed by atoms with van der Waals surface area (Å²) >= 11 is 0. The third-order valence-electron chi connectivity index (χ3n) is 2.51. The second kappa shape index (κ2) is 4.54. The van der Waals surface area contributed by atoms with Gasteiger partial charge in [-0.3, -0.25) is 0 Å². The van der Waals surface area contributed by atoms with Crippen LogP contribution in [0.3, 0.4) is 0 Å².